The van der Waals surface area contributed by atoms with Crippen molar-refractivity contribution in [3.63, 3.8) is 0 Å². The highest BCUT2D eigenvalue weighted by molar-refractivity contribution is 5.95. The fraction of sp³-hybridized carbons (Fsp3) is 0.875. The standard InChI is InChI=1S/C32H51NO4/c1-27(2)23-10-13-32(7)25(30(23,5)12-11-24(27)35)22(34)18-20-21-19-29(4,26(36)33(8)37-9)15-14-28(21,3)16-17-31(20,32)6/h18,21,23-25,35H,10-17,19H2,1-9H3/t21?,23?,24-,25+,28+,29-,30-,31+,32+/m0/s1. The van der Waals surface area contributed by atoms with Crippen LogP contribution in [0.2, 0.25) is 0 Å². The average Bonchev–Trinajstić information content (AvgIpc) is 2.83. The molecule has 0 aliphatic heterocycles. The molecule has 5 rings (SSSR count). The van der Waals surface area contributed by atoms with Gasteiger partial charge in [-0.1, -0.05) is 54.0 Å². The molecule has 0 radical (unpaired) electrons. The van der Waals surface area contributed by atoms with Crippen LogP contribution in [0.3, 0.4) is 0 Å². The summed E-state index contributed by atoms with van der Waals surface area (Å²) < 4.78 is 0. The molecule has 5 nitrogen and oxygen atoms in total. The number of aliphatic hydroxyl groups is 1. The average molecular weight is 514 g/mol. The third-order valence-corrected chi connectivity index (χ3v) is 13.6. The van der Waals surface area contributed by atoms with E-state index < -0.39 is 5.41 Å². The van der Waals surface area contributed by atoms with E-state index in [1.165, 1.54) is 10.6 Å². The van der Waals surface area contributed by atoms with Crippen molar-refractivity contribution in [2.24, 2.45) is 50.2 Å². The van der Waals surface area contributed by atoms with Gasteiger partial charge < -0.3 is 5.11 Å². The first-order valence-corrected chi connectivity index (χ1v) is 14.8. The Labute approximate surface area is 224 Å². The Morgan fingerprint density at radius 3 is 2.27 bits per heavy atom. The van der Waals surface area contributed by atoms with Gasteiger partial charge in [0.05, 0.1) is 13.2 Å². The molecule has 0 saturated heterocycles. The molecule has 2 unspecified atom stereocenters. The Balaban J connectivity index is 1.59. The van der Waals surface area contributed by atoms with E-state index in [0.29, 0.717) is 11.7 Å². The summed E-state index contributed by atoms with van der Waals surface area (Å²) in [5.74, 6) is 0.924. The van der Waals surface area contributed by atoms with Crippen molar-refractivity contribution in [1.82, 2.24) is 5.06 Å². The Kier molecular flexibility index (Phi) is 6.04. The van der Waals surface area contributed by atoms with E-state index in [-0.39, 0.29) is 50.9 Å². The number of ketones is 1. The Morgan fingerprint density at radius 2 is 1.62 bits per heavy atom. The van der Waals surface area contributed by atoms with Crippen LogP contribution in [0.15, 0.2) is 11.6 Å². The van der Waals surface area contributed by atoms with E-state index in [0.717, 1.165) is 57.8 Å². The maximum Gasteiger partial charge on any atom is 0.251 e. The van der Waals surface area contributed by atoms with E-state index in [2.05, 4.69) is 54.5 Å². The van der Waals surface area contributed by atoms with Gasteiger partial charge in [0.1, 0.15) is 0 Å². The van der Waals surface area contributed by atoms with Crippen molar-refractivity contribution in [2.75, 3.05) is 14.2 Å². The van der Waals surface area contributed by atoms with Crippen molar-refractivity contribution >= 4 is 11.7 Å². The number of allylic oxidation sites excluding steroid dienone is 2. The van der Waals surface area contributed by atoms with Gasteiger partial charge in [-0.15, -0.1) is 0 Å². The third kappa shape index (κ3) is 3.41. The van der Waals surface area contributed by atoms with E-state index in [4.69, 9.17) is 4.84 Å². The van der Waals surface area contributed by atoms with Crippen LogP contribution in [0.1, 0.15) is 106 Å². The minimum absolute atomic E-state index is 0.0140. The molecule has 0 spiro atoms. The molecule has 208 valence electrons. The number of carbonyl (C=O) groups excluding carboxylic acids is 2. The van der Waals surface area contributed by atoms with Crippen molar-refractivity contribution < 1.29 is 19.5 Å². The topological polar surface area (TPSA) is 66.8 Å². The lowest BCUT2D eigenvalue weighted by atomic mass is 9.33. The quantitative estimate of drug-likeness (QED) is 0.437. The van der Waals surface area contributed by atoms with Gasteiger partial charge >= 0.3 is 0 Å². The largest absolute Gasteiger partial charge is 0.393 e. The maximum absolute atomic E-state index is 14.4. The number of hydrogen-bond donors (Lipinski definition) is 1. The molecular weight excluding hydrogens is 462 g/mol. The zero-order chi connectivity index (χ0) is 27.4. The predicted molar refractivity (Wildman–Crippen MR) is 145 cm³/mol. The van der Waals surface area contributed by atoms with Crippen LogP contribution in [-0.2, 0) is 14.4 Å². The lowest BCUT2D eigenvalue weighted by molar-refractivity contribution is -0.203. The monoisotopic (exact) mass is 513 g/mol. The first-order valence-electron chi connectivity index (χ1n) is 14.8. The third-order valence-electron chi connectivity index (χ3n) is 13.6. The summed E-state index contributed by atoms with van der Waals surface area (Å²) in [6.07, 6.45) is 10.5. The summed E-state index contributed by atoms with van der Waals surface area (Å²) in [6, 6.07) is 0. The van der Waals surface area contributed by atoms with Crippen LogP contribution >= 0.6 is 0 Å². The summed E-state index contributed by atoms with van der Waals surface area (Å²) in [5, 5.41) is 12.3. The molecule has 37 heavy (non-hydrogen) atoms. The number of amides is 1. The van der Waals surface area contributed by atoms with Gasteiger partial charge in [0, 0.05) is 18.4 Å². The first kappa shape index (κ1) is 27.4. The number of carbonyl (C=O) groups is 2. The summed E-state index contributed by atoms with van der Waals surface area (Å²) in [7, 11) is 3.26. The maximum atomic E-state index is 14.4. The molecule has 5 aliphatic carbocycles. The van der Waals surface area contributed by atoms with Gasteiger partial charge in [-0.25, -0.2) is 5.06 Å². The molecule has 4 fully saturated rings. The van der Waals surface area contributed by atoms with Crippen molar-refractivity contribution in [3.8, 4) is 0 Å². The number of nitrogens with zero attached hydrogens (tertiary/aromatic N) is 1. The number of aliphatic hydroxyl groups excluding tert-OH is 1. The molecule has 0 aromatic heterocycles. The first-order chi connectivity index (χ1) is 17.0. The molecule has 5 aliphatic rings. The summed E-state index contributed by atoms with van der Waals surface area (Å²) in [6.45, 7) is 16.2. The van der Waals surface area contributed by atoms with Crippen molar-refractivity contribution in [2.45, 2.75) is 112 Å². The van der Waals surface area contributed by atoms with Gasteiger partial charge in [-0.05, 0) is 103 Å². The van der Waals surface area contributed by atoms with Crippen molar-refractivity contribution in [3.05, 3.63) is 11.6 Å². The van der Waals surface area contributed by atoms with Gasteiger partial charge in [0.25, 0.3) is 5.91 Å². The highest BCUT2D eigenvalue weighted by Crippen LogP contribution is 2.75. The molecule has 1 N–H and O–H groups in total. The van der Waals surface area contributed by atoms with Crippen LogP contribution in [0.4, 0.5) is 0 Å². The number of rotatable bonds is 2. The van der Waals surface area contributed by atoms with Crippen molar-refractivity contribution in [1.29, 1.82) is 0 Å². The Morgan fingerprint density at radius 1 is 0.973 bits per heavy atom. The van der Waals surface area contributed by atoms with Gasteiger partial charge in [0.15, 0.2) is 5.78 Å². The molecule has 0 bridgehead atoms. The SMILES string of the molecule is CON(C)C(=O)[C@@]1(C)CC[C@]2(C)CC[C@]3(C)C(=CC(=O)[C@@H]4[C@@]5(C)CC[C@H](O)C(C)(C)C5CC[C@]43C)C2C1. The van der Waals surface area contributed by atoms with E-state index >= 15 is 0 Å². The fourth-order valence-electron chi connectivity index (χ4n) is 10.8. The predicted octanol–water partition coefficient (Wildman–Crippen LogP) is 6.35. The fourth-order valence-corrected chi connectivity index (χ4v) is 10.8. The lowest BCUT2D eigenvalue weighted by Crippen LogP contribution is -2.66. The van der Waals surface area contributed by atoms with Crippen LogP contribution in [0.5, 0.6) is 0 Å². The minimum atomic E-state index is -0.484. The van der Waals surface area contributed by atoms with Crippen LogP contribution in [0, 0.1) is 50.2 Å². The van der Waals surface area contributed by atoms with E-state index in [1.807, 2.05) is 0 Å². The molecule has 4 saturated carbocycles. The molecule has 9 atom stereocenters. The van der Waals surface area contributed by atoms with Crippen LogP contribution in [0.25, 0.3) is 0 Å². The molecule has 0 heterocycles. The number of hydrogen-bond acceptors (Lipinski definition) is 4. The zero-order valence-corrected chi connectivity index (χ0v) is 24.9. The van der Waals surface area contributed by atoms with Crippen LogP contribution in [-0.4, -0.2) is 42.1 Å². The highest BCUT2D eigenvalue weighted by Gasteiger charge is 2.70. The van der Waals surface area contributed by atoms with Gasteiger partial charge in [-0.2, -0.15) is 0 Å². The molecule has 0 aromatic rings. The molecule has 0 aromatic carbocycles. The summed E-state index contributed by atoms with van der Waals surface area (Å²) in [5.41, 5.74) is 0.528. The Bertz CT molecular complexity index is 1030. The van der Waals surface area contributed by atoms with E-state index in [1.54, 1.807) is 14.2 Å². The van der Waals surface area contributed by atoms with Gasteiger partial charge in [0.2, 0.25) is 0 Å². The van der Waals surface area contributed by atoms with Gasteiger partial charge in [-0.3, -0.25) is 14.4 Å². The molecule has 1 amide bonds. The summed E-state index contributed by atoms with van der Waals surface area (Å²) >= 11 is 0. The number of fused-ring (bicyclic) bond motifs is 7. The number of hydroxylamine groups is 2. The highest BCUT2D eigenvalue weighted by atomic mass is 16.7. The molecular formula is C32H51NO4. The Hall–Kier alpha value is -1.20. The molecule has 5 heteroatoms. The second kappa shape index (κ2) is 8.16. The van der Waals surface area contributed by atoms with Crippen LogP contribution < -0.4 is 0 Å². The zero-order valence-electron chi connectivity index (χ0n) is 24.9. The second-order valence-corrected chi connectivity index (χ2v) is 15.6. The smallest absolute Gasteiger partial charge is 0.251 e. The summed E-state index contributed by atoms with van der Waals surface area (Å²) in [4.78, 5) is 33.1. The second-order valence-electron chi connectivity index (χ2n) is 15.6. The van der Waals surface area contributed by atoms with E-state index in [9.17, 15) is 14.7 Å². The normalized spacial score (nSPS) is 50.6. The lowest BCUT2D eigenvalue weighted by Gasteiger charge is -2.70. The minimum Gasteiger partial charge on any atom is -0.393 e.